The van der Waals surface area contributed by atoms with Crippen LogP contribution in [0.1, 0.15) is 29.9 Å². The Morgan fingerprint density at radius 1 is 1.21 bits per heavy atom. The van der Waals surface area contributed by atoms with Gasteiger partial charge in [-0.2, -0.15) is 5.10 Å². The van der Waals surface area contributed by atoms with Crippen LogP contribution in [-0.4, -0.2) is 20.8 Å². The van der Waals surface area contributed by atoms with Crippen molar-refractivity contribution < 1.29 is 13.7 Å². The molecule has 1 atom stereocenters. The Morgan fingerprint density at radius 3 is 2.75 bits per heavy atom. The number of halogens is 1. The molecule has 7 heteroatoms. The first-order chi connectivity index (χ1) is 13.5. The molecule has 4 rings (SSSR count). The number of hydrogen-bond acceptors (Lipinski definition) is 4. The number of nitrogens with zero attached hydrogens (tertiary/aromatic N) is 3. The highest BCUT2D eigenvalue weighted by molar-refractivity contribution is 5.86. The lowest BCUT2D eigenvalue weighted by Crippen LogP contribution is -2.28. The Kier molecular flexibility index (Phi) is 4.65. The lowest BCUT2D eigenvalue weighted by Gasteiger charge is -2.14. The number of rotatable bonds is 5. The minimum atomic E-state index is -0.296. The molecule has 0 bridgehead atoms. The zero-order valence-corrected chi connectivity index (χ0v) is 15.5. The van der Waals surface area contributed by atoms with E-state index in [1.165, 1.54) is 12.1 Å². The summed E-state index contributed by atoms with van der Waals surface area (Å²) in [6, 6.07) is 13.3. The summed E-state index contributed by atoms with van der Waals surface area (Å²) >= 11 is 0. The van der Waals surface area contributed by atoms with Gasteiger partial charge in [-0.1, -0.05) is 17.3 Å². The fourth-order valence-electron chi connectivity index (χ4n) is 3.28. The van der Waals surface area contributed by atoms with Gasteiger partial charge >= 0.3 is 0 Å². The van der Waals surface area contributed by atoms with Crippen molar-refractivity contribution in [2.75, 3.05) is 0 Å². The first-order valence-corrected chi connectivity index (χ1v) is 8.96. The maximum atomic E-state index is 13.1. The van der Waals surface area contributed by atoms with Crippen LogP contribution in [0.4, 0.5) is 4.39 Å². The second-order valence-corrected chi connectivity index (χ2v) is 6.66. The maximum absolute atomic E-state index is 13.1. The second-order valence-electron chi connectivity index (χ2n) is 6.66. The molecule has 0 aliphatic rings. The highest BCUT2D eigenvalue weighted by Crippen LogP contribution is 2.21. The molecule has 0 saturated carbocycles. The van der Waals surface area contributed by atoms with Crippen molar-refractivity contribution in [2.45, 2.75) is 26.3 Å². The van der Waals surface area contributed by atoms with Gasteiger partial charge in [0.05, 0.1) is 24.3 Å². The van der Waals surface area contributed by atoms with E-state index in [4.69, 9.17) is 4.52 Å². The number of nitrogens with one attached hydrogen (secondary N) is 1. The molecule has 0 saturated heterocycles. The molecular weight excluding hydrogens is 359 g/mol. The molecule has 0 fully saturated rings. The van der Waals surface area contributed by atoms with Crippen molar-refractivity contribution >= 4 is 16.9 Å². The minimum absolute atomic E-state index is 0.131. The number of amides is 1. The van der Waals surface area contributed by atoms with Gasteiger partial charge in [0.15, 0.2) is 5.58 Å². The predicted molar refractivity (Wildman–Crippen MR) is 103 cm³/mol. The lowest BCUT2D eigenvalue weighted by atomic mass is 10.1. The molecule has 28 heavy (non-hydrogen) atoms. The van der Waals surface area contributed by atoms with Gasteiger partial charge in [-0.05, 0) is 50.2 Å². The van der Waals surface area contributed by atoms with E-state index in [0.29, 0.717) is 11.3 Å². The van der Waals surface area contributed by atoms with Crippen LogP contribution in [0.25, 0.3) is 16.7 Å². The van der Waals surface area contributed by atoms with Crippen molar-refractivity contribution in [3.63, 3.8) is 0 Å². The molecule has 1 N–H and O–H groups in total. The number of fused-ring (bicyclic) bond motifs is 1. The fraction of sp³-hybridized carbons (Fsp3) is 0.190. The summed E-state index contributed by atoms with van der Waals surface area (Å²) in [5, 5.41) is 12.2. The molecule has 6 nitrogen and oxygen atoms in total. The van der Waals surface area contributed by atoms with Gasteiger partial charge in [-0.25, -0.2) is 9.07 Å². The molecule has 0 aliphatic heterocycles. The van der Waals surface area contributed by atoms with Crippen molar-refractivity contribution in [2.24, 2.45) is 0 Å². The third-order valence-electron chi connectivity index (χ3n) is 4.74. The molecule has 0 radical (unpaired) electrons. The molecule has 4 aromatic rings. The highest BCUT2D eigenvalue weighted by Gasteiger charge is 2.18. The van der Waals surface area contributed by atoms with Crippen LogP contribution in [0.5, 0.6) is 0 Å². The van der Waals surface area contributed by atoms with E-state index in [9.17, 15) is 9.18 Å². The van der Waals surface area contributed by atoms with Crippen molar-refractivity contribution in [1.82, 2.24) is 20.3 Å². The first-order valence-electron chi connectivity index (χ1n) is 8.96. The average molecular weight is 378 g/mol. The van der Waals surface area contributed by atoms with Gasteiger partial charge in [-0.15, -0.1) is 0 Å². The minimum Gasteiger partial charge on any atom is -0.356 e. The van der Waals surface area contributed by atoms with E-state index >= 15 is 0 Å². The summed E-state index contributed by atoms with van der Waals surface area (Å²) in [7, 11) is 0. The van der Waals surface area contributed by atoms with Crippen molar-refractivity contribution in [3.8, 4) is 5.69 Å². The zero-order chi connectivity index (χ0) is 19.7. The van der Waals surface area contributed by atoms with Crippen LogP contribution >= 0.6 is 0 Å². The van der Waals surface area contributed by atoms with Crippen LogP contribution in [0.2, 0.25) is 0 Å². The number of carbonyl (C=O) groups is 1. The van der Waals surface area contributed by atoms with Crippen molar-refractivity contribution in [1.29, 1.82) is 0 Å². The molecule has 0 unspecified atom stereocenters. The number of hydrogen-bond donors (Lipinski definition) is 1. The predicted octanol–water partition coefficient (Wildman–Crippen LogP) is 3.88. The largest absolute Gasteiger partial charge is 0.356 e. The molecule has 1 amide bonds. The summed E-state index contributed by atoms with van der Waals surface area (Å²) in [6.45, 7) is 3.82. The molecule has 2 aromatic heterocycles. The van der Waals surface area contributed by atoms with Crippen LogP contribution in [0.15, 0.2) is 59.3 Å². The molecule has 0 spiro atoms. The number of benzene rings is 2. The lowest BCUT2D eigenvalue weighted by molar-refractivity contribution is -0.121. The summed E-state index contributed by atoms with van der Waals surface area (Å²) in [6.07, 6.45) is 1.85. The number of carbonyl (C=O) groups excluding carboxylic acids is 1. The third-order valence-corrected chi connectivity index (χ3v) is 4.74. The van der Waals surface area contributed by atoms with Gasteiger partial charge in [0, 0.05) is 16.6 Å². The second kappa shape index (κ2) is 7.26. The Hall–Kier alpha value is -3.48. The highest BCUT2D eigenvalue weighted by atomic mass is 19.1. The van der Waals surface area contributed by atoms with Gasteiger partial charge in [-0.3, -0.25) is 4.79 Å². The number of para-hydroxylation sites is 1. The normalized spacial score (nSPS) is 12.2. The summed E-state index contributed by atoms with van der Waals surface area (Å²) in [4.78, 5) is 12.5. The Labute approximate surface area is 161 Å². The Morgan fingerprint density at radius 2 is 1.96 bits per heavy atom. The van der Waals surface area contributed by atoms with Crippen molar-refractivity contribution in [3.05, 3.63) is 77.5 Å². The van der Waals surface area contributed by atoms with Gasteiger partial charge in [0.2, 0.25) is 5.91 Å². The standard InChI is InChI=1S/C21H19FN4O2/c1-13(18-12-23-26(14(18)2)16-9-7-15(22)8-10-16)24-21(27)11-19-17-5-3-4-6-20(17)28-25-19/h3-10,12-13H,11H2,1-2H3,(H,24,27)/t13-/m1/s1. The van der Waals surface area contributed by atoms with E-state index in [-0.39, 0.29) is 24.2 Å². The maximum Gasteiger partial charge on any atom is 0.226 e. The summed E-state index contributed by atoms with van der Waals surface area (Å²) in [5.74, 6) is -0.449. The van der Waals surface area contributed by atoms with E-state index in [1.54, 1.807) is 23.0 Å². The average Bonchev–Trinajstić information content (AvgIpc) is 3.26. The molecule has 2 aromatic carbocycles. The van der Waals surface area contributed by atoms with Gasteiger partial charge < -0.3 is 9.84 Å². The summed E-state index contributed by atoms with van der Waals surface area (Å²) < 4.78 is 20.1. The monoisotopic (exact) mass is 378 g/mol. The van der Waals surface area contributed by atoms with Gasteiger partial charge in [0.1, 0.15) is 11.5 Å². The topological polar surface area (TPSA) is 73.0 Å². The molecular formula is C21H19FN4O2. The van der Waals surface area contributed by atoms with E-state index < -0.39 is 0 Å². The Bertz CT molecular complexity index is 1130. The van der Waals surface area contributed by atoms with Crippen LogP contribution in [0, 0.1) is 12.7 Å². The third kappa shape index (κ3) is 3.38. The van der Waals surface area contributed by atoms with Crippen LogP contribution in [0.3, 0.4) is 0 Å². The van der Waals surface area contributed by atoms with Crippen LogP contribution < -0.4 is 5.32 Å². The fourth-order valence-corrected chi connectivity index (χ4v) is 3.28. The molecule has 2 heterocycles. The molecule has 142 valence electrons. The van der Waals surface area contributed by atoms with Crippen LogP contribution in [-0.2, 0) is 11.2 Å². The number of aromatic nitrogens is 3. The first kappa shape index (κ1) is 17.9. The van der Waals surface area contributed by atoms with Gasteiger partial charge in [0.25, 0.3) is 0 Å². The molecule has 0 aliphatic carbocycles. The van der Waals surface area contributed by atoms with E-state index in [2.05, 4.69) is 15.6 Å². The Balaban J connectivity index is 1.48. The zero-order valence-electron chi connectivity index (χ0n) is 15.5. The van der Waals surface area contributed by atoms with E-state index in [1.807, 2.05) is 38.1 Å². The SMILES string of the molecule is Cc1c([C@@H](C)NC(=O)Cc2noc3ccccc23)cnn1-c1ccc(F)cc1. The van der Waals surface area contributed by atoms with E-state index in [0.717, 1.165) is 22.3 Å². The summed E-state index contributed by atoms with van der Waals surface area (Å²) in [5.41, 5.74) is 3.81. The quantitative estimate of drug-likeness (QED) is 0.572. The smallest absolute Gasteiger partial charge is 0.226 e.